The molecule has 0 aliphatic heterocycles. The van der Waals surface area contributed by atoms with Crippen LogP contribution in [0, 0.1) is 0 Å². The molecule has 0 aliphatic carbocycles. The van der Waals surface area contributed by atoms with Gasteiger partial charge in [0, 0.05) is 17.3 Å². The summed E-state index contributed by atoms with van der Waals surface area (Å²) in [7, 11) is -3.49. The van der Waals surface area contributed by atoms with Crippen molar-refractivity contribution < 1.29 is 8.42 Å². The average Bonchev–Trinajstić information content (AvgIpc) is 2.36. The fraction of sp³-hybridized carbons (Fsp3) is 0.143. The van der Waals surface area contributed by atoms with E-state index in [0.29, 0.717) is 17.1 Å². The fourth-order valence-corrected chi connectivity index (χ4v) is 2.67. The Morgan fingerprint density at radius 2 is 1.75 bits per heavy atom. The van der Waals surface area contributed by atoms with E-state index < -0.39 is 10.0 Å². The van der Waals surface area contributed by atoms with Crippen LogP contribution < -0.4 is 10.5 Å². The Kier molecular flexibility index (Phi) is 4.65. The molecular formula is C14H15ClN2O2S. The minimum Gasteiger partial charge on any atom is -0.381 e. The molecule has 0 unspecified atom stereocenters. The fourth-order valence-electron chi connectivity index (χ4n) is 1.80. The van der Waals surface area contributed by atoms with E-state index in [1.165, 1.54) is 0 Å². The van der Waals surface area contributed by atoms with E-state index in [-0.39, 0.29) is 5.75 Å². The van der Waals surface area contributed by atoms with Gasteiger partial charge in [-0.15, -0.1) is 0 Å². The van der Waals surface area contributed by atoms with E-state index in [9.17, 15) is 8.42 Å². The maximum atomic E-state index is 11.0. The van der Waals surface area contributed by atoms with Gasteiger partial charge in [-0.3, -0.25) is 0 Å². The Morgan fingerprint density at radius 1 is 1.05 bits per heavy atom. The number of anilines is 1. The molecule has 0 aromatic heterocycles. The predicted octanol–water partition coefficient (Wildman–Crippen LogP) is 2.74. The Labute approximate surface area is 123 Å². The second kappa shape index (κ2) is 6.26. The second-order valence-corrected chi connectivity index (χ2v) is 6.54. The lowest BCUT2D eigenvalue weighted by Gasteiger charge is -2.08. The van der Waals surface area contributed by atoms with Crippen molar-refractivity contribution in [3.05, 3.63) is 64.7 Å². The Balaban J connectivity index is 1.97. The quantitative estimate of drug-likeness (QED) is 0.892. The van der Waals surface area contributed by atoms with Crippen molar-refractivity contribution in [2.75, 3.05) is 5.32 Å². The van der Waals surface area contributed by atoms with Crippen LogP contribution in [0.2, 0.25) is 5.02 Å². The summed E-state index contributed by atoms with van der Waals surface area (Å²) in [6.07, 6.45) is 0. The molecule has 0 saturated heterocycles. The zero-order valence-corrected chi connectivity index (χ0v) is 12.3. The normalized spacial score (nSPS) is 11.3. The third-order valence-electron chi connectivity index (χ3n) is 2.71. The predicted molar refractivity (Wildman–Crippen MR) is 82.0 cm³/mol. The minimum absolute atomic E-state index is 0.151. The summed E-state index contributed by atoms with van der Waals surface area (Å²) in [5, 5.41) is 8.94. The molecule has 6 heteroatoms. The molecule has 0 aliphatic rings. The van der Waals surface area contributed by atoms with Gasteiger partial charge in [0.2, 0.25) is 10.0 Å². The highest BCUT2D eigenvalue weighted by atomic mass is 35.5. The minimum atomic E-state index is -3.49. The average molecular weight is 311 g/mol. The summed E-state index contributed by atoms with van der Waals surface area (Å²) in [5.41, 5.74) is 2.65. The summed E-state index contributed by atoms with van der Waals surface area (Å²) in [4.78, 5) is 0. The van der Waals surface area contributed by atoms with Gasteiger partial charge in [-0.05, 0) is 35.4 Å². The molecule has 2 rings (SSSR count). The first-order chi connectivity index (χ1) is 9.42. The smallest absolute Gasteiger partial charge is 0.213 e. The van der Waals surface area contributed by atoms with Crippen LogP contribution >= 0.6 is 11.6 Å². The summed E-state index contributed by atoms with van der Waals surface area (Å²) in [6, 6.07) is 14.7. The lowest BCUT2D eigenvalue weighted by Crippen LogP contribution is -2.14. The molecule has 0 saturated carbocycles. The number of sulfonamides is 1. The van der Waals surface area contributed by atoms with Crippen LogP contribution in [-0.2, 0) is 22.3 Å². The molecule has 3 N–H and O–H groups in total. The van der Waals surface area contributed by atoms with Crippen molar-refractivity contribution in [1.82, 2.24) is 0 Å². The largest absolute Gasteiger partial charge is 0.381 e. The van der Waals surface area contributed by atoms with Gasteiger partial charge in [0.15, 0.2) is 0 Å². The standard InChI is InChI=1S/C14H15ClN2O2S/c15-13-3-1-2-12(8-13)9-17-14-6-4-11(5-7-14)10-20(16,18)19/h1-8,17H,9-10H2,(H2,16,18,19). The van der Waals surface area contributed by atoms with E-state index in [1.807, 2.05) is 36.4 Å². The van der Waals surface area contributed by atoms with Crippen molar-refractivity contribution >= 4 is 27.3 Å². The first-order valence-corrected chi connectivity index (χ1v) is 8.09. The summed E-state index contributed by atoms with van der Waals surface area (Å²) in [6.45, 7) is 0.648. The molecule has 20 heavy (non-hydrogen) atoms. The summed E-state index contributed by atoms with van der Waals surface area (Å²) < 4.78 is 22.0. The molecule has 4 nitrogen and oxygen atoms in total. The van der Waals surface area contributed by atoms with Gasteiger partial charge in [-0.2, -0.15) is 0 Å². The highest BCUT2D eigenvalue weighted by molar-refractivity contribution is 7.88. The third kappa shape index (κ3) is 4.85. The molecule has 0 atom stereocenters. The molecule has 0 fully saturated rings. The van der Waals surface area contributed by atoms with Crippen LogP contribution in [0.3, 0.4) is 0 Å². The number of benzene rings is 2. The van der Waals surface area contributed by atoms with Crippen LogP contribution in [-0.4, -0.2) is 8.42 Å². The van der Waals surface area contributed by atoms with Gasteiger partial charge in [0.05, 0.1) is 5.75 Å². The van der Waals surface area contributed by atoms with Crippen LogP contribution in [0.1, 0.15) is 11.1 Å². The number of nitrogens with two attached hydrogens (primary N) is 1. The highest BCUT2D eigenvalue weighted by Gasteiger charge is 2.04. The molecule has 2 aromatic rings. The van der Waals surface area contributed by atoms with Crippen molar-refractivity contribution in [2.24, 2.45) is 5.14 Å². The molecular weight excluding hydrogens is 296 g/mol. The summed E-state index contributed by atoms with van der Waals surface area (Å²) >= 11 is 5.91. The van der Waals surface area contributed by atoms with Gasteiger partial charge in [-0.1, -0.05) is 35.9 Å². The maximum Gasteiger partial charge on any atom is 0.213 e. The van der Waals surface area contributed by atoms with Gasteiger partial charge in [-0.25, -0.2) is 13.6 Å². The molecule has 0 bridgehead atoms. The zero-order chi connectivity index (χ0) is 14.6. The number of hydrogen-bond donors (Lipinski definition) is 2. The van der Waals surface area contributed by atoms with E-state index in [0.717, 1.165) is 11.3 Å². The molecule has 2 aromatic carbocycles. The van der Waals surface area contributed by atoms with E-state index in [2.05, 4.69) is 5.32 Å². The molecule has 0 heterocycles. The maximum absolute atomic E-state index is 11.0. The van der Waals surface area contributed by atoms with Crippen molar-refractivity contribution in [1.29, 1.82) is 0 Å². The number of hydrogen-bond acceptors (Lipinski definition) is 3. The van der Waals surface area contributed by atoms with E-state index in [1.54, 1.807) is 12.1 Å². The Bertz CT molecular complexity index is 685. The lowest BCUT2D eigenvalue weighted by molar-refractivity contribution is 0.597. The topological polar surface area (TPSA) is 72.2 Å². The van der Waals surface area contributed by atoms with Gasteiger partial charge >= 0.3 is 0 Å². The monoisotopic (exact) mass is 310 g/mol. The highest BCUT2D eigenvalue weighted by Crippen LogP contribution is 2.14. The number of primary sulfonamides is 1. The SMILES string of the molecule is NS(=O)(=O)Cc1ccc(NCc2cccc(Cl)c2)cc1. The molecule has 0 spiro atoms. The van der Waals surface area contributed by atoms with Gasteiger partial charge < -0.3 is 5.32 Å². The number of halogens is 1. The Hall–Kier alpha value is -1.56. The molecule has 0 radical (unpaired) electrons. The number of rotatable bonds is 5. The molecule has 0 amide bonds. The van der Waals surface area contributed by atoms with Gasteiger partial charge in [0.1, 0.15) is 0 Å². The van der Waals surface area contributed by atoms with Crippen LogP contribution in [0.15, 0.2) is 48.5 Å². The first kappa shape index (κ1) is 14.8. The first-order valence-electron chi connectivity index (χ1n) is 6.00. The zero-order valence-electron chi connectivity index (χ0n) is 10.7. The Morgan fingerprint density at radius 3 is 2.35 bits per heavy atom. The van der Waals surface area contributed by atoms with Crippen molar-refractivity contribution in [2.45, 2.75) is 12.3 Å². The van der Waals surface area contributed by atoms with E-state index >= 15 is 0 Å². The lowest BCUT2D eigenvalue weighted by atomic mass is 10.2. The van der Waals surface area contributed by atoms with E-state index in [4.69, 9.17) is 16.7 Å². The third-order valence-corrected chi connectivity index (χ3v) is 3.68. The van der Waals surface area contributed by atoms with Crippen LogP contribution in [0.25, 0.3) is 0 Å². The van der Waals surface area contributed by atoms with Crippen LogP contribution in [0.5, 0.6) is 0 Å². The summed E-state index contributed by atoms with van der Waals surface area (Å²) in [5.74, 6) is -0.151. The van der Waals surface area contributed by atoms with Crippen LogP contribution in [0.4, 0.5) is 5.69 Å². The molecule has 106 valence electrons. The number of nitrogens with one attached hydrogen (secondary N) is 1. The van der Waals surface area contributed by atoms with Crippen molar-refractivity contribution in [3.63, 3.8) is 0 Å². The van der Waals surface area contributed by atoms with Crippen molar-refractivity contribution in [3.8, 4) is 0 Å². The second-order valence-electron chi connectivity index (χ2n) is 4.49. The van der Waals surface area contributed by atoms with Gasteiger partial charge in [0.25, 0.3) is 0 Å².